The van der Waals surface area contributed by atoms with E-state index in [2.05, 4.69) is 4.98 Å². The second-order valence-corrected chi connectivity index (χ2v) is 4.37. The highest BCUT2D eigenvalue weighted by Gasteiger charge is 2.53. The minimum absolute atomic E-state index is 0.0327. The molecule has 6 heteroatoms. The normalized spacial score (nSPS) is 28.0. The molecule has 16 heavy (non-hydrogen) atoms. The minimum atomic E-state index is -0.420. The molecule has 4 N–H and O–H groups in total. The van der Waals surface area contributed by atoms with Crippen LogP contribution in [-0.4, -0.2) is 33.0 Å². The van der Waals surface area contributed by atoms with E-state index in [1.165, 1.54) is 4.57 Å². The molecule has 0 unspecified atom stereocenters. The van der Waals surface area contributed by atoms with Crippen molar-refractivity contribution in [2.24, 2.45) is 11.3 Å². The topological polar surface area (TPSA) is 101 Å². The van der Waals surface area contributed by atoms with E-state index >= 15 is 0 Å². The van der Waals surface area contributed by atoms with E-state index in [0.29, 0.717) is 6.54 Å². The first-order valence-electron chi connectivity index (χ1n) is 5.16. The SMILES string of the molecule is Nc1ccn(C[C@]2(CO)C[C@@H]2CO)c(=O)n1. The molecule has 0 bridgehead atoms. The molecule has 2 atom stereocenters. The second kappa shape index (κ2) is 3.88. The van der Waals surface area contributed by atoms with Crippen molar-refractivity contribution in [1.82, 2.24) is 9.55 Å². The molecule has 1 aromatic heterocycles. The summed E-state index contributed by atoms with van der Waals surface area (Å²) >= 11 is 0. The Morgan fingerprint density at radius 1 is 1.62 bits per heavy atom. The van der Waals surface area contributed by atoms with Crippen LogP contribution in [0.3, 0.4) is 0 Å². The molecule has 1 heterocycles. The monoisotopic (exact) mass is 225 g/mol. The summed E-state index contributed by atoms with van der Waals surface area (Å²) in [5.41, 5.74) is 4.59. The largest absolute Gasteiger partial charge is 0.396 e. The Labute approximate surface area is 92.4 Å². The van der Waals surface area contributed by atoms with Gasteiger partial charge in [-0.2, -0.15) is 4.98 Å². The standard InChI is InChI=1S/C10H15N3O3/c11-8-1-2-13(9(16)12-8)5-10(6-15)3-7(10)4-14/h1-2,7,14-15H,3-6H2,(H2,11,12,16)/t7-,10+/m1/s1. The molecule has 0 spiro atoms. The van der Waals surface area contributed by atoms with E-state index in [1.54, 1.807) is 12.3 Å². The van der Waals surface area contributed by atoms with E-state index in [1.807, 2.05) is 0 Å². The third-order valence-electron chi connectivity index (χ3n) is 3.28. The van der Waals surface area contributed by atoms with Crippen LogP contribution in [-0.2, 0) is 6.54 Å². The molecule has 6 nitrogen and oxygen atoms in total. The molecule has 1 saturated carbocycles. The first kappa shape index (κ1) is 11.1. The van der Waals surface area contributed by atoms with Crippen LogP contribution in [0.15, 0.2) is 17.1 Å². The van der Waals surface area contributed by atoms with Gasteiger partial charge < -0.3 is 15.9 Å². The average molecular weight is 225 g/mol. The maximum atomic E-state index is 11.5. The van der Waals surface area contributed by atoms with Gasteiger partial charge in [0, 0.05) is 24.8 Å². The van der Waals surface area contributed by atoms with Crippen molar-refractivity contribution in [3.8, 4) is 0 Å². The molecule has 0 aliphatic heterocycles. The van der Waals surface area contributed by atoms with E-state index in [9.17, 15) is 9.90 Å². The predicted molar refractivity (Wildman–Crippen MR) is 57.6 cm³/mol. The summed E-state index contributed by atoms with van der Waals surface area (Å²) in [5, 5.41) is 18.3. The molecule has 0 radical (unpaired) electrons. The number of nitrogens with zero attached hydrogens (tertiary/aromatic N) is 2. The highest BCUT2D eigenvalue weighted by atomic mass is 16.3. The Balaban J connectivity index is 2.18. The number of hydrogen-bond acceptors (Lipinski definition) is 5. The predicted octanol–water partition coefficient (Wildman–Crippen LogP) is -1.18. The lowest BCUT2D eigenvalue weighted by atomic mass is 10.1. The lowest BCUT2D eigenvalue weighted by Crippen LogP contribution is -2.29. The van der Waals surface area contributed by atoms with E-state index in [-0.39, 0.29) is 30.4 Å². The maximum Gasteiger partial charge on any atom is 0.349 e. The van der Waals surface area contributed by atoms with Gasteiger partial charge >= 0.3 is 5.69 Å². The highest BCUT2D eigenvalue weighted by Crippen LogP contribution is 2.52. The maximum absolute atomic E-state index is 11.5. The van der Waals surface area contributed by atoms with Crippen molar-refractivity contribution >= 4 is 5.82 Å². The van der Waals surface area contributed by atoms with Gasteiger partial charge in [-0.1, -0.05) is 0 Å². The van der Waals surface area contributed by atoms with Crippen molar-refractivity contribution in [1.29, 1.82) is 0 Å². The summed E-state index contributed by atoms with van der Waals surface area (Å²) in [7, 11) is 0. The lowest BCUT2D eigenvalue weighted by Gasteiger charge is -2.15. The summed E-state index contributed by atoms with van der Waals surface area (Å²) in [6.45, 7) is 0.383. The van der Waals surface area contributed by atoms with Crippen LogP contribution in [0.4, 0.5) is 5.82 Å². The van der Waals surface area contributed by atoms with Gasteiger partial charge in [-0.15, -0.1) is 0 Å². The Morgan fingerprint density at radius 2 is 2.38 bits per heavy atom. The van der Waals surface area contributed by atoms with Crippen molar-refractivity contribution in [3.05, 3.63) is 22.7 Å². The van der Waals surface area contributed by atoms with Crippen LogP contribution in [0.2, 0.25) is 0 Å². The van der Waals surface area contributed by atoms with Crippen molar-refractivity contribution in [2.75, 3.05) is 18.9 Å². The van der Waals surface area contributed by atoms with Gasteiger partial charge in [0.1, 0.15) is 5.82 Å². The first-order chi connectivity index (χ1) is 7.61. The number of anilines is 1. The molecule has 1 aliphatic rings. The Kier molecular flexibility index (Phi) is 2.69. The Bertz CT molecular complexity index is 445. The molecule has 2 rings (SSSR count). The molecular formula is C10H15N3O3. The summed E-state index contributed by atoms with van der Waals surface area (Å²) in [6.07, 6.45) is 2.30. The number of aliphatic hydroxyl groups is 2. The fraction of sp³-hybridized carbons (Fsp3) is 0.600. The number of rotatable bonds is 4. The van der Waals surface area contributed by atoms with Crippen molar-refractivity contribution < 1.29 is 10.2 Å². The number of aliphatic hydroxyl groups excluding tert-OH is 2. The number of hydrogen-bond donors (Lipinski definition) is 3. The molecule has 1 aromatic rings. The Morgan fingerprint density at radius 3 is 2.88 bits per heavy atom. The zero-order chi connectivity index (χ0) is 11.8. The molecule has 0 saturated heterocycles. The quantitative estimate of drug-likeness (QED) is 0.598. The van der Waals surface area contributed by atoms with Gasteiger partial charge in [0.05, 0.1) is 6.61 Å². The van der Waals surface area contributed by atoms with Crippen LogP contribution >= 0.6 is 0 Å². The molecule has 1 aliphatic carbocycles. The fourth-order valence-corrected chi connectivity index (χ4v) is 2.03. The summed E-state index contributed by atoms with van der Waals surface area (Å²) < 4.78 is 1.42. The first-order valence-corrected chi connectivity index (χ1v) is 5.16. The number of nitrogen functional groups attached to an aromatic ring is 1. The third kappa shape index (κ3) is 1.81. The van der Waals surface area contributed by atoms with Gasteiger partial charge in [0.25, 0.3) is 0 Å². The molecular weight excluding hydrogens is 210 g/mol. The highest BCUT2D eigenvalue weighted by molar-refractivity contribution is 5.23. The lowest BCUT2D eigenvalue weighted by molar-refractivity contribution is 0.156. The van der Waals surface area contributed by atoms with E-state index < -0.39 is 5.69 Å². The van der Waals surface area contributed by atoms with Gasteiger partial charge in [-0.05, 0) is 18.4 Å². The van der Waals surface area contributed by atoms with Crippen LogP contribution in [0.1, 0.15) is 6.42 Å². The molecule has 88 valence electrons. The van der Waals surface area contributed by atoms with Crippen molar-refractivity contribution in [2.45, 2.75) is 13.0 Å². The summed E-state index contributed by atoms with van der Waals surface area (Å²) in [6, 6.07) is 1.54. The zero-order valence-corrected chi connectivity index (χ0v) is 8.83. The van der Waals surface area contributed by atoms with Gasteiger partial charge in [-0.3, -0.25) is 4.57 Å². The number of aromatic nitrogens is 2. The summed E-state index contributed by atoms with van der Waals surface area (Å²) in [4.78, 5) is 15.1. The van der Waals surface area contributed by atoms with Crippen LogP contribution in [0, 0.1) is 11.3 Å². The fourth-order valence-electron chi connectivity index (χ4n) is 2.03. The van der Waals surface area contributed by atoms with Gasteiger partial charge in [0.2, 0.25) is 0 Å². The Hall–Kier alpha value is -1.40. The van der Waals surface area contributed by atoms with E-state index in [0.717, 1.165) is 6.42 Å². The molecule has 0 aromatic carbocycles. The van der Waals surface area contributed by atoms with Gasteiger partial charge in [-0.25, -0.2) is 4.79 Å². The average Bonchev–Trinajstić information content (AvgIpc) is 2.97. The van der Waals surface area contributed by atoms with Crippen LogP contribution < -0.4 is 11.4 Å². The third-order valence-corrected chi connectivity index (χ3v) is 3.28. The minimum Gasteiger partial charge on any atom is -0.396 e. The van der Waals surface area contributed by atoms with Crippen molar-refractivity contribution in [3.63, 3.8) is 0 Å². The van der Waals surface area contributed by atoms with E-state index in [4.69, 9.17) is 10.8 Å². The smallest absolute Gasteiger partial charge is 0.349 e. The second-order valence-electron chi connectivity index (χ2n) is 4.37. The van der Waals surface area contributed by atoms with Gasteiger partial charge in [0.15, 0.2) is 0 Å². The van der Waals surface area contributed by atoms with Crippen LogP contribution in [0.5, 0.6) is 0 Å². The molecule has 1 fully saturated rings. The summed E-state index contributed by atoms with van der Waals surface area (Å²) in [5.74, 6) is 0.260. The number of nitrogens with two attached hydrogens (primary N) is 1. The zero-order valence-electron chi connectivity index (χ0n) is 8.83. The van der Waals surface area contributed by atoms with Crippen LogP contribution in [0.25, 0.3) is 0 Å². The molecule has 0 amide bonds.